The van der Waals surface area contributed by atoms with Gasteiger partial charge in [0.25, 0.3) is 0 Å². The Bertz CT molecular complexity index is 1720. The van der Waals surface area contributed by atoms with E-state index in [1.54, 1.807) is 0 Å². The van der Waals surface area contributed by atoms with E-state index in [0.717, 1.165) is 12.8 Å². The molecule has 0 aromatic heterocycles. The van der Waals surface area contributed by atoms with Crippen LogP contribution in [0.3, 0.4) is 0 Å². The van der Waals surface area contributed by atoms with Crippen molar-refractivity contribution in [3.63, 3.8) is 0 Å². The van der Waals surface area contributed by atoms with Crippen LogP contribution in [0.25, 0.3) is 43.1 Å². The molecule has 0 fully saturated rings. The van der Waals surface area contributed by atoms with E-state index in [9.17, 15) is 0 Å². The fourth-order valence-electron chi connectivity index (χ4n) is 5.62. The maximum atomic E-state index is 2.39. The third-order valence-electron chi connectivity index (χ3n) is 7.45. The fourth-order valence-corrected chi connectivity index (χ4v) is 5.62. The Morgan fingerprint density at radius 3 is 1.14 bits per heavy atom. The number of fused-ring (bicyclic) bond motifs is 4. The second-order valence-electron chi connectivity index (χ2n) is 9.85. The van der Waals surface area contributed by atoms with Crippen LogP contribution in [0.15, 0.2) is 133 Å². The maximum absolute atomic E-state index is 2.39. The summed E-state index contributed by atoms with van der Waals surface area (Å²) in [6.07, 6.45) is 1.90. The van der Waals surface area contributed by atoms with Crippen molar-refractivity contribution in [3.05, 3.63) is 156 Å². The van der Waals surface area contributed by atoms with Gasteiger partial charge in [0.05, 0.1) is 0 Å². The number of benzene rings is 7. The molecule has 7 aromatic rings. The third-order valence-corrected chi connectivity index (χ3v) is 7.45. The minimum atomic E-state index is 0.950. The average molecular weight is 459 g/mol. The van der Waals surface area contributed by atoms with Gasteiger partial charge in [0.15, 0.2) is 0 Å². The first-order chi connectivity index (χ1) is 17.8. The molecule has 0 radical (unpaired) electrons. The minimum Gasteiger partial charge on any atom is -0.0622 e. The van der Waals surface area contributed by atoms with Crippen LogP contribution in [0.1, 0.15) is 22.3 Å². The van der Waals surface area contributed by atoms with Gasteiger partial charge in [-0.1, -0.05) is 97.1 Å². The quantitative estimate of drug-likeness (QED) is 0.230. The van der Waals surface area contributed by atoms with Crippen molar-refractivity contribution in [1.82, 2.24) is 0 Å². The summed E-state index contributed by atoms with van der Waals surface area (Å²) in [5.74, 6) is 0. The van der Waals surface area contributed by atoms with Gasteiger partial charge < -0.3 is 0 Å². The van der Waals surface area contributed by atoms with E-state index in [-0.39, 0.29) is 0 Å². The van der Waals surface area contributed by atoms with Gasteiger partial charge in [-0.15, -0.1) is 0 Å². The molecule has 0 amide bonds. The molecule has 0 spiro atoms. The van der Waals surface area contributed by atoms with E-state index >= 15 is 0 Å². The van der Waals surface area contributed by atoms with Gasteiger partial charge in [0.1, 0.15) is 0 Å². The molecule has 0 aliphatic heterocycles. The summed E-state index contributed by atoms with van der Waals surface area (Å²) in [6, 6.07) is 49.1. The van der Waals surface area contributed by atoms with Gasteiger partial charge in [-0.3, -0.25) is 0 Å². The zero-order chi connectivity index (χ0) is 23.9. The molecule has 0 bridgehead atoms. The van der Waals surface area contributed by atoms with Crippen molar-refractivity contribution < 1.29 is 0 Å². The number of hydrogen-bond donors (Lipinski definition) is 0. The Balaban J connectivity index is 1.37. The highest BCUT2D eigenvalue weighted by Crippen LogP contribution is 2.33. The molecular weight excluding hydrogens is 432 g/mol. The summed E-state index contributed by atoms with van der Waals surface area (Å²) in [5.41, 5.74) is 5.46. The highest BCUT2D eigenvalue weighted by atomic mass is 14.1. The summed E-state index contributed by atoms with van der Waals surface area (Å²) in [5, 5.41) is 10.5. The largest absolute Gasteiger partial charge is 0.0622 e. The topological polar surface area (TPSA) is 0 Å². The molecular formula is C36H26. The highest BCUT2D eigenvalue weighted by molar-refractivity contribution is 6.09. The summed E-state index contributed by atoms with van der Waals surface area (Å²) >= 11 is 0. The van der Waals surface area contributed by atoms with Gasteiger partial charge in [0.2, 0.25) is 0 Å². The van der Waals surface area contributed by atoms with Crippen molar-refractivity contribution in [2.75, 3.05) is 0 Å². The molecule has 170 valence electrons. The van der Waals surface area contributed by atoms with Crippen molar-refractivity contribution in [1.29, 1.82) is 0 Å². The molecule has 0 nitrogen and oxygen atoms in total. The van der Waals surface area contributed by atoms with Crippen LogP contribution in [0, 0.1) is 0 Å². The standard InChI is InChI=1S/C36H26/c1-3-9-25(10-4-1)17-27-13-7-15-29-19-31-22-34-24-36-28(18-26-11-5-2-6-12-26)14-8-16-30(36)20-32(34)21-33(31)23-35(27)29/h1-16,19-24H,17-18H2. The predicted molar refractivity (Wildman–Crippen MR) is 155 cm³/mol. The van der Waals surface area contributed by atoms with Crippen molar-refractivity contribution >= 4 is 43.1 Å². The average Bonchev–Trinajstić information content (AvgIpc) is 2.91. The van der Waals surface area contributed by atoms with Gasteiger partial charge in [0, 0.05) is 0 Å². The van der Waals surface area contributed by atoms with Gasteiger partial charge in [-0.25, -0.2) is 0 Å². The number of hydrogen-bond acceptors (Lipinski definition) is 0. The zero-order valence-electron chi connectivity index (χ0n) is 20.1. The van der Waals surface area contributed by atoms with Crippen molar-refractivity contribution in [2.24, 2.45) is 0 Å². The summed E-state index contributed by atoms with van der Waals surface area (Å²) in [6.45, 7) is 0. The molecule has 0 saturated heterocycles. The number of rotatable bonds is 4. The van der Waals surface area contributed by atoms with Crippen LogP contribution in [-0.4, -0.2) is 0 Å². The highest BCUT2D eigenvalue weighted by Gasteiger charge is 2.08. The van der Waals surface area contributed by atoms with E-state index in [1.807, 2.05) is 0 Å². The second kappa shape index (κ2) is 8.66. The van der Waals surface area contributed by atoms with E-state index in [0.29, 0.717) is 0 Å². The van der Waals surface area contributed by atoms with E-state index < -0.39 is 0 Å². The molecule has 0 heteroatoms. The van der Waals surface area contributed by atoms with Crippen molar-refractivity contribution in [3.8, 4) is 0 Å². The first-order valence-corrected chi connectivity index (χ1v) is 12.7. The van der Waals surface area contributed by atoms with Gasteiger partial charge >= 0.3 is 0 Å². The van der Waals surface area contributed by atoms with Crippen LogP contribution in [-0.2, 0) is 12.8 Å². The lowest BCUT2D eigenvalue weighted by molar-refractivity contribution is 1.21. The first kappa shape index (κ1) is 20.9. The van der Waals surface area contributed by atoms with E-state index in [4.69, 9.17) is 0 Å². The van der Waals surface area contributed by atoms with Gasteiger partial charge in [-0.2, -0.15) is 0 Å². The smallest absolute Gasteiger partial charge is 0.00196 e. The monoisotopic (exact) mass is 458 g/mol. The first-order valence-electron chi connectivity index (χ1n) is 12.7. The lowest BCUT2D eigenvalue weighted by atomic mass is 9.92. The van der Waals surface area contributed by atoms with Gasteiger partial charge in [-0.05, 0) is 115 Å². The van der Waals surface area contributed by atoms with Crippen LogP contribution >= 0.6 is 0 Å². The lowest BCUT2D eigenvalue weighted by Gasteiger charge is -2.12. The summed E-state index contributed by atoms with van der Waals surface area (Å²) in [7, 11) is 0. The molecule has 0 saturated carbocycles. The minimum absolute atomic E-state index is 0.950. The summed E-state index contributed by atoms with van der Waals surface area (Å²) in [4.78, 5) is 0. The molecule has 0 heterocycles. The summed E-state index contributed by atoms with van der Waals surface area (Å²) < 4.78 is 0. The SMILES string of the molecule is c1ccc(Cc2cccc3cc4cc5cc6c(Cc7ccccc7)cccc6cc5cc4cc23)cc1. The van der Waals surface area contributed by atoms with E-state index in [2.05, 4.69) is 133 Å². The molecule has 0 aliphatic carbocycles. The Kier molecular flexibility index (Phi) is 5.03. The molecule has 0 N–H and O–H groups in total. The lowest BCUT2D eigenvalue weighted by Crippen LogP contribution is -1.91. The predicted octanol–water partition coefficient (Wildman–Crippen LogP) is 9.48. The third kappa shape index (κ3) is 3.82. The molecule has 7 aromatic carbocycles. The second-order valence-corrected chi connectivity index (χ2v) is 9.85. The maximum Gasteiger partial charge on any atom is -0.00196 e. The molecule has 0 atom stereocenters. The zero-order valence-corrected chi connectivity index (χ0v) is 20.1. The molecule has 0 unspecified atom stereocenters. The Morgan fingerprint density at radius 1 is 0.306 bits per heavy atom. The van der Waals surface area contributed by atoms with Crippen molar-refractivity contribution in [2.45, 2.75) is 12.8 Å². The molecule has 36 heavy (non-hydrogen) atoms. The van der Waals surface area contributed by atoms with Crippen LogP contribution in [0.2, 0.25) is 0 Å². The van der Waals surface area contributed by atoms with Crippen LogP contribution < -0.4 is 0 Å². The van der Waals surface area contributed by atoms with E-state index in [1.165, 1.54) is 65.3 Å². The Morgan fingerprint density at radius 2 is 0.694 bits per heavy atom. The Labute approximate surface area is 211 Å². The van der Waals surface area contributed by atoms with Crippen LogP contribution in [0.5, 0.6) is 0 Å². The van der Waals surface area contributed by atoms with Crippen LogP contribution in [0.4, 0.5) is 0 Å². The Hall–Kier alpha value is -4.42. The normalized spacial score (nSPS) is 11.6. The molecule has 7 rings (SSSR count). The fraction of sp³-hybridized carbons (Fsp3) is 0.0556. The molecule has 0 aliphatic rings.